The van der Waals surface area contributed by atoms with Crippen molar-refractivity contribution in [2.45, 2.75) is 33.7 Å². The van der Waals surface area contributed by atoms with Gasteiger partial charge in [0.1, 0.15) is 11.5 Å². The predicted octanol–water partition coefficient (Wildman–Crippen LogP) is 2.36. The van der Waals surface area contributed by atoms with Crippen LogP contribution >= 0.6 is 0 Å². The van der Waals surface area contributed by atoms with Gasteiger partial charge in [-0.2, -0.15) is 0 Å². The van der Waals surface area contributed by atoms with Gasteiger partial charge < -0.3 is 24.6 Å². The summed E-state index contributed by atoms with van der Waals surface area (Å²) >= 11 is 0. The van der Waals surface area contributed by atoms with Gasteiger partial charge in [0.05, 0.1) is 20.8 Å². The number of rotatable bonds is 10. The normalized spacial score (nSPS) is 11.1. The number of carbonyl (C=O) groups is 1. The van der Waals surface area contributed by atoms with E-state index in [0.717, 1.165) is 42.7 Å². The number of amides is 1. The largest absolute Gasteiger partial charge is 0.497 e. The number of ether oxygens (including phenoxy) is 2. The summed E-state index contributed by atoms with van der Waals surface area (Å²) in [6.45, 7) is 9.32. The maximum absolute atomic E-state index is 12.1. The van der Waals surface area contributed by atoms with Crippen molar-refractivity contribution >= 4 is 11.9 Å². The van der Waals surface area contributed by atoms with E-state index in [1.54, 1.807) is 14.2 Å². The SMILES string of the molecule is CCNC(=NCCC(=O)N(CC)CC)N(C)Cc1ccc(OC)cc1OC. The average molecular weight is 379 g/mol. The topological polar surface area (TPSA) is 66.4 Å². The van der Waals surface area contributed by atoms with Gasteiger partial charge in [-0.1, -0.05) is 0 Å². The number of nitrogens with zero attached hydrogens (tertiary/aromatic N) is 3. The van der Waals surface area contributed by atoms with E-state index in [2.05, 4.69) is 10.3 Å². The van der Waals surface area contributed by atoms with Gasteiger partial charge in [-0.25, -0.2) is 0 Å². The standard InChI is InChI=1S/C20H34N4O3/c1-7-21-20(22-13-12-19(25)24(8-2)9-3)23(4)15-16-10-11-17(26-5)14-18(16)27-6/h10-11,14H,7-9,12-13,15H2,1-6H3,(H,21,22). The van der Waals surface area contributed by atoms with E-state index in [1.165, 1.54) is 0 Å². The summed E-state index contributed by atoms with van der Waals surface area (Å²) in [5, 5.41) is 3.28. The molecule has 1 N–H and O–H groups in total. The molecular weight excluding hydrogens is 344 g/mol. The molecule has 1 aromatic carbocycles. The van der Waals surface area contributed by atoms with Crippen LogP contribution in [0.15, 0.2) is 23.2 Å². The maximum Gasteiger partial charge on any atom is 0.224 e. The second-order valence-corrected chi connectivity index (χ2v) is 6.09. The number of benzene rings is 1. The lowest BCUT2D eigenvalue weighted by molar-refractivity contribution is -0.130. The number of guanidine groups is 1. The Morgan fingerprint density at radius 3 is 2.41 bits per heavy atom. The third-order valence-electron chi connectivity index (χ3n) is 4.30. The molecule has 27 heavy (non-hydrogen) atoms. The van der Waals surface area contributed by atoms with E-state index in [0.29, 0.717) is 19.5 Å². The molecule has 0 atom stereocenters. The second-order valence-electron chi connectivity index (χ2n) is 6.09. The summed E-state index contributed by atoms with van der Waals surface area (Å²) in [7, 11) is 5.25. The minimum Gasteiger partial charge on any atom is -0.497 e. The molecule has 0 spiro atoms. The molecule has 0 aromatic heterocycles. The first-order valence-corrected chi connectivity index (χ1v) is 9.48. The molecule has 0 heterocycles. The summed E-state index contributed by atoms with van der Waals surface area (Å²) in [5.41, 5.74) is 1.03. The molecule has 0 unspecified atom stereocenters. The van der Waals surface area contributed by atoms with Gasteiger partial charge >= 0.3 is 0 Å². The highest BCUT2D eigenvalue weighted by Gasteiger charge is 2.12. The lowest BCUT2D eigenvalue weighted by Gasteiger charge is -2.23. The molecule has 7 heteroatoms. The maximum atomic E-state index is 12.1. The average Bonchev–Trinajstić information content (AvgIpc) is 2.68. The monoisotopic (exact) mass is 378 g/mol. The first-order chi connectivity index (χ1) is 13.0. The Morgan fingerprint density at radius 1 is 1.15 bits per heavy atom. The van der Waals surface area contributed by atoms with Gasteiger partial charge in [-0.15, -0.1) is 0 Å². The highest BCUT2D eigenvalue weighted by molar-refractivity contribution is 5.81. The van der Waals surface area contributed by atoms with Crippen LogP contribution in [0.1, 0.15) is 32.8 Å². The van der Waals surface area contributed by atoms with Crippen LogP contribution in [0, 0.1) is 0 Å². The van der Waals surface area contributed by atoms with E-state index < -0.39 is 0 Å². The molecule has 0 aliphatic heterocycles. The minimum absolute atomic E-state index is 0.138. The molecule has 0 saturated heterocycles. The Morgan fingerprint density at radius 2 is 1.85 bits per heavy atom. The number of methoxy groups -OCH3 is 2. The molecule has 1 amide bonds. The van der Waals surface area contributed by atoms with Gasteiger partial charge in [0.15, 0.2) is 5.96 Å². The van der Waals surface area contributed by atoms with Crippen LogP contribution in [-0.4, -0.2) is 69.1 Å². The molecule has 0 bridgehead atoms. The van der Waals surface area contributed by atoms with Gasteiger partial charge in [0, 0.05) is 51.3 Å². The van der Waals surface area contributed by atoms with Crippen LogP contribution in [0.3, 0.4) is 0 Å². The summed E-state index contributed by atoms with van der Waals surface area (Å²) in [6, 6.07) is 5.77. The van der Waals surface area contributed by atoms with Crippen molar-refractivity contribution in [3.63, 3.8) is 0 Å². The van der Waals surface area contributed by atoms with Crippen molar-refractivity contribution in [2.24, 2.45) is 4.99 Å². The lowest BCUT2D eigenvalue weighted by atomic mass is 10.2. The summed E-state index contributed by atoms with van der Waals surface area (Å²) in [5.74, 6) is 2.43. The van der Waals surface area contributed by atoms with Crippen molar-refractivity contribution in [1.29, 1.82) is 0 Å². The van der Waals surface area contributed by atoms with Crippen LogP contribution in [0.25, 0.3) is 0 Å². The van der Waals surface area contributed by atoms with Crippen molar-refractivity contribution in [3.05, 3.63) is 23.8 Å². The summed E-state index contributed by atoms with van der Waals surface area (Å²) in [6.07, 6.45) is 0.413. The van der Waals surface area contributed by atoms with Gasteiger partial charge in [-0.05, 0) is 32.9 Å². The third-order valence-corrected chi connectivity index (χ3v) is 4.30. The van der Waals surface area contributed by atoms with E-state index in [1.807, 2.05) is 55.8 Å². The first kappa shape index (κ1) is 22.6. The zero-order valence-corrected chi connectivity index (χ0v) is 17.5. The summed E-state index contributed by atoms with van der Waals surface area (Å²) in [4.78, 5) is 20.6. The van der Waals surface area contributed by atoms with Gasteiger partial charge in [0.25, 0.3) is 0 Å². The van der Waals surface area contributed by atoms with Crippen LogP contribution < -0.4 is 14.8 Å². The molecule has 0 aliphatic rings. The van der Waals surface area contributed by atoms with Gasteiger partial charge in [0.2, 0.25) is 5.91 Å². The number of carbonyl (C=O) groups excluding carboxylic acids is 1. The van der Waals surface area contributed by atoms with Gasteiger partial charge in [-0.3, -0.25) is 9.79 Å². The zero-order valence-electron chi connectivity index (χ0n) is 17.5. The predicted molar refractivity (Wildman–Crippen MR) is 110 cm³/mol. The number of nitrogens with one attached hydrogen (secondary N) is 1. The lowest BCUT2D eigenvalue weighted by Crippen LogP contribution is -2.39. The van der Waals surface area contributed by atoms with Crippen molar-refractivity contribution in [1.82, 2.24) is 15.1 Å². The van der Waals surface area contributed by atoms with E-state index in [9.17, 15) is 4.79 Å². The Hall–Kier alpha value is -2.44. The molecule has 152 valence electrons. The van der Waals surface area contributed by atoms with E-state index >= 15 is 0 Å². The molecule has 1 rings (SSSR count). The molecule has 7 nitrogen and oxygen atoms in total. The fraction of sp³-hybridized carbons (Fsp3) is 0.600. The molecule has 1 aromatic rings. The molecule has 0 fully saturated rings. The van der Waals surface area contributed by atoms with Crippen LogP contribution in [-0.2, 0) is 11.3 Å². The highest BCUT2D eigenvalue weighted by atomic mass is 16.5. The van der Waals surface area contributed by atoms with Crippen molar-refractivity contribution in [3.8, 4) is 11.5 Å². The molecule has 0 aliphatic carbocycles. The first-order valence-electron chi connectivity index (χ1n) is 9.48. The molecule has 0 radical (unpaired) electrons. The Balaban J connectivity index is 2.80. The Kier molecular flexibility index (Phi) is 10.1. The van der Waals surface area contributed by atoms with Crippen molar-refractivity contribution < 1.29 is 14.3 Å². The van der Waals surface area contributed by atoms with Crippen molar-refractivity contribution in [2.75, 3.05) is 47.4 Å². The summed E-state index contributed by atoms with van der Waals surface area (Å²) < 4.78 is 10.7. The Bertz CT molecular complexity index is 615. The fourth-order valence-electron chi connectivity index (χ4n) is 2.77. The highest BCUT2D eigenvalue weighted by Crippen LogP contribution is 2.25. The smallest absolute Gasteiger partial charge is 0.224 e. The Labute approximate surface area is 163 Å². The molecular formula is C20H34N4O3. The number of hydrogen-bond donors (Lipinski definition) is 1. The van der Waals surface area contributed by atoms with E-state index in [4.69, 9.17) is 9.47 Å². The number of aliphatic imine (C=N–C) groups is 1. The van der Waals surface area contributed by atoms with E-state index in [-0.39, 0.29) is 5.91 Å². The van der Waals surface area contributed by atoms with Crippen LogP contribution in [0.4, 0.5) is 0 Å². The van der Waals surface area contributed by atoms with Crippen LogP contribution in [0.2, 0.25) is 0 Å². The number of hydrogen-bond acceptors (Lipinski definition) is 4. The van der Waals surface area contributed by atoms with Crippen LogP contribution in [0.5, 0.6) is 11.5 Å². The quantitative estimate of drug-likeness (QED) is 0.500. The third kappa shape index (κ3) is 7.00. The minimum atomic E-state index is 0.138. The second kappa shape index (κ2) is 12.0. The molecule has 0 saturated carbocycles. The zero-order chi connectivity index (χ0) is 20.2. The fourth-order valence-corrected chi connectivity index (χ4v) is 2.77.